The molecule has 0 saturated heterocycles. The number of carbonyl (C=O) groups is 1. The molecule has 0 heterocycles. The molecule has 1 N–H and O–H groups in total. The molecule has 2 rings (SSSR count). The molecule has 0 radical (unpaired) electrons. The molecule has 0 aromatic heterocycles. The lowest BCUT2D eigenvalue weighted by Gasteiger charge is -2.17. The first-order valence-electron chi connectivity index (χ1n) is 7.34. The summed E-state index contributed by atoms with van der Waals surface area (Å²) >= 11 is 0. The van der Waals surface area contributed by atoms with E-state index in [1.54, 1.807) is 0 Å². The van der Waals surface area contributed by atoms with Gasteiger partial charge in [-0.05, 0) is 37.1 Å². The largest absolute Gasteiger partial charge is 0.482 e. The van der Waals surface area contributed by atoms with Crippen LogP contribution in [0.3, 0.4) is 0 Å². The number of esters is 1. The predicted molar refractivity (Wildman–Crippen MR) is 79.1 cm³/mol. The molecule has 110 valence electrons. The number of hydrogen-bond donors (Lipinski definition) is 1. The molecule has 20 heavy (non-hydrogen) atoms. The summed E-state index contributed by atoms with van der Waals surface area (Å²) in [6.07, 6.45) is 7.86. The van der Waals surface area contributed by atoms with Crippen molar-refractivity contribution in [3.8, 4) is 5.75 Å². The highest BCUT2D eigenvalue weighted by Crippen LogP contribution is 2.22. The van der Waals surface area contributed by atoms with E-state index in [0.717, 1.165) is 5.69 Å². The van der Waals surface area contributed by atoms with E-state index >= 15 is 0 Å². The number of nitrogens with one attached hydrogen (secondary N) is 1. The maximum Gasteiger partial charge on any atom is 0.343 e. The number of benzene rings is 1. The molecule has 0 bridgehead atoms. The zero-order valence-electron chi connectivity index (χ0n) is 12.1. The van der Waals surface area contributed by atoms with Crippen molar-refractivity contribution in [1.82, 2.24) is 0 Å². The third kappa shape index (κ3) is 4.76. The minimum Gasteiger partial charge on any atom is -0.482 e. The fraction of sp³-hybridized carbons (Fsp3) is 0.562. The molecule has 1 aromatic carbocycles. The highest BCUT2D eigenvalue weighted by Gasteiger charge is 2.11. The minimum atomic E-state index is -0.370. The molecule has 0 atom stereocenters. The first-order valence-corrected chi connectivity index (χ1v) is 7.34. The quantitative estimate of drug-likeness (QED) is 0.662. The minimum absolute atomic E-state index is 0.0497. The van der Waals surface area contributed by atoms with Crippen LogP contribution in [0.15, 0.2) is 24.3 Å². The molecule has 1 aromatic rings. The van der Waals surface area contributed by atoms with Crippen molar-refractivity contribution in [3.63, 3.8) is 0 Å². The van der Waals surface area contributed by atoms with Gasteiger partial charge in [0, 0.05) is 11.7 Å². The fourth-order valence-corrected chi connectivity index (χ4v) is 2.51. The van der Waals surface area contributed by atoms with Crippen LogP contribution in [0, 0.1) is 0 Å². The molecule has 1 aliphatic carbocycles. The van der Waals surface area contributed by atoms with Crippen molar-refractivity contribution in [2.24, 2.45) is 0 Å². The summed E-state index contributed by atoms with van der Waals surface area (Å²) in [6.45, 7) is -0.0497. The topological polar surface area (TPSA) is 47.6 Å². The van der Waals surface area contributed by atoms with Gasteiger partial charge in [0.05, 0.1) is 7.11 Å². The van der Waals surface area contributed by atoms with Crippen LogP contribution in [0.2, 0.25) is 0 Å². The van der Waals surface area contributed by atoms with Crippen molar-refractivity contribution in [3.05, 3.63) is 24.3 Å². The molecule has 0 unspecified atom stereocenters. The Balaban J connectivity index is 1.82. The van der Waals surface area contributed by atoms with Crippen LogP contribution in [0.1, 0.15) is 38.5 Å². The Morgan fingerprint density at radius 3 is 2.40 bits per heavy atom. The third-order valence-corrected chi connectivity index (χ3v) is 3.66. The number of ether oxygens (including phenoxy) is 2. The zero-order chi connectivity index (χ0) is 14.2. The van der Waals surface area contributed by atoms with Gasteiger partial charge in [0.15, 0.2) is 6.61 Å². The molecular weight excluding hydrogens is 254 g/mol. The smallest absolute Gasteiger partial charge is 0.343 e. The second kappa shape index (κ2) is 7.78. The van der Waals surface area contributed by atoms with Crippen LogP contribution in [0.25, 0.3) is 0 Å². The highest BCUT2D eigenvalue weighted by atomic mass is 16.6. The van der Waals surface area contributed by atoms with Crippen molar-refractivity contribution in [2.75, 3.05) is 19.0 Å². The Labute approximate surface area is 120 Å². The SMILES string of the molecule is COC(=O)COc1ccc(NC2CCCCCC2)cc1. The van der Waals surface area contributed by atoms with Gasteiger partial charge < -0.3 is 14.8 Å². The second-order valence-corrected chi connectivity index (χ2v) is 5.22. The van der Waals surface area contributed by atoms with Gasteiger partial charge in [-0.25, -0.2) is 4.79 Å². The van der Waals surface area contributed by atoms with E-state index in [-0.39, 0.29) is 12.6 Å². The first kappa shape index (κ1) is 14.7. The molecule has 4 heteroatoms. The monoisotopic (exact) mass is 277 g/mol. The lowest BCUT2D eigenvalue weighted by molar-refractivity contribution is -0.142. The van der Waals surface area contributed by atoms with Gasteiger partial charge in [-0.1, -0.05) is 25.7 Å². The lowest BCUT2D eigenvalue weighted by atomic mass is 10.1. The van der Waals surface area contributed by atoms with Gasteiger partial charge in [-0.15, -0.1) is 0 Å². The maximum absolute atomic E-state index is 11.0. The van der Waals surface area contributed by atoms with Crippen LogP contribution in [-0.4, -0.2) is 25.7 Å². The summed E-state index contributed by atoms with van der Waals surface area (Å²) in [5.41, 5.74) is 1.11. The van der Waals surface area contributed by atoms with Crippen LogP contribution in [0.5, 0.6) is 5.75 Å². The van der Waals surface area contributed by atoms with E-state index in [2.05, 4.69) is 10.1 Å². The van der Waals surface area contributed by atoms with Gasteiger partial charge in [0.25, 0.3) is 0 Å². The Kier molecular flexibility index (Phi) is 5.71. The highest BCUT2D eigenvalue weighted by molar-refractivity contribution is 5.70. The van der Waals surface area contributed by atoms with Gasteiger partial charge in [-0.2, -0.15) is 0 Å². The van der Waals surface area contributed by atoms with Gasteiger partial charge in [0.1, 0.15) is 5.75 Å². The summed E-state index contributed by atoms with van der Waals surface area (Å²) in [5.74, 6) is 0.312. The molecule has 0 amide bonds. The van der Waals surface area contributed by atoms with Gasteiger partial charge in [0.2, 0.25) is 0 Å². The summed E-state index contributed by atoms with van der Waals surface area (Å²) in [4.78, 5) is 11.0. The molecule has 1 aliphatic rings. The fourth-order valence-electron chi connectivity index (χ4n) is 2.51. The number of rotatable bonds is 5. The molecule has 4 nitrogen and oxygen atoms in total. The predicted octanol–water partition coefficient (Wildman–Crippen LogP) is 3.37. The average molecular weight is 277 g/mol. The van der Waals surface area contributed by atoms with Crippen LogP contribution < -0.4 is 10.1 Å². The van der Waals surface area contributed by atoms with E-state index in [1.165, 1.54) is 45.6 Å². The number of carbonyl (C=O) groups excluding carboxylic acids is 1. The summed E-state index contributed by atoms with van der Waals surface area (Å²) in [6, 6.07) is 8.33. The molecule has 0 spiro atoms. The van der Waals surface area contributed by atoms with Crippen molar-refractivity contribution in [2.45, 2.75) is 44.6 Å². The maximum atomic E-state index is 11.0. The number of anilines is 1. The standard InChI is InChI=1S/C16H23NO3/c1-19-16(18)12-20-15-10-8-14(9-11-15)17-13-6-4-2-3-5-7-13/h8-11,13,17H,2-7,12H2,1H3. The number of methoxy groups -OCH3 is 1. The summed E-state index contributed by atoms with van der Waals surface area (Å²) in [7, 11) is 1.35. The van der Waals surface area contributed by atoms with E-state index in [0.29, 0.717) is 11.8 Å². The molecule has 1 fully saturated rings. The van der Waals surface area contributed by atoms with Gasteiger partial charge in [-0.3, -0.25) is 0 Å². The molecule has 0 aliphatic heterocycles. The van der Waals surface area contributed by atoms with Crippen LogP contribution >= 0.6 is 0 Å². The van der Waals surface area contributed by atoms with E-state index in [1.807, 2.05) is 24.3 Å². The van der Waals surface area contributed by atoms with E-state index in [4.69, 9.17) is 4.74 Å². The van der Waals surface area contributed by atoms with Crippen molar-refractivity contribution < 1.29 is 14.3 Å². The Morgan fingerprint density at radius 1 is 1.15 bits per heavy atom. The average Bonchev–Trinajstić information content (AvgIpc) is 2.75. The molecule has 1 saturated carbocycles. The normalized spacial score (nSPS) is 16.2. The lowest BCUT2D eigenvalue weighted by Crippen LogP contribution is -2.18. The van der Waals surface area contributed by atoms with Crippen molar-refractivity contribution >= 4 is 11.7 Å². The summed E-state index contributed by atoms with van der Waals surface area (Å²) < 4.78 is 9.85. The zero-order valence-corrected chi connectivity index (χ0v) is 12.1. The van der Waals surface area contributed by atoms with Crippen LogP contribution in [0.4, 0.5) is 5.69 Å². The van der Waals surface area contributed by atoms with E-state index in [9.17, 15) is 4.79 Å². The van der Waals surface area contributed by atoms with Crippen molar-refractivity contribution in [1.29, 1.82) is 0 Å². The Morgan fingerprint density at radius 2 is 1.80 bits per heavy atom. The second-order valence-electron chi connectivity index (χ2n) is 5.22. The first-order chi connectivity index (χ1) is 9.78. The Hall–Kier alpha value is -1.71. The Bertz CT molecular complexity index is 408. The van der Waals surface area contributed by atoms with Gasteiger partial charge >= 0.3 is 5.97 Å². The third-order valence-electron chi connectivity index (χ3n) is 3.66. The molecular formula is C16H23NO3. The van der Waals surface area contributed by atoms with E-state index < -0.39 is 0 Å². The summed E-state index contributed by atoms with van der Waals surface area (Å²) in [5, 5.41) is 3.58. The van der Waals surface area contributed by atoms with Crippen LogP contribution in [-0.2, 0) is 9.53 Å². The number of hydrogen-bond acceptors (Lipinski definition) is 4.